The molecule has 0 aliphatic carbocycles. The van der Waals surface area contributed by atoms with E-state index in [2.05, 4.69) is 32.7 Å². The maximum absolute atomic E-state index is 9.76. The first-order chi connectivity index (χ1) is 13.4. The highest BCUT2D eigenvalue weighted by Gasteiger charge is 2.22. The van der Waals surface area contributed by atoms with Gasteiger partial charge in [0, 0.05) is 30.4 Å². The number of aliphatic hydroxyl groups excluding tert-OH is 1. The van der Waals surface area contributed by atoms with Crippen molar-refractivity contribution >= 4 is 11.2 Å². The van der Waals surface area contributed by atoms with E-state index in [1.54, 1.807) is 7.11 Å². The van der Waals surface area contributed by atoms with Crippen molar-refractivity contribution in [1.82, 2.24) is 19.5 Å². The molecular formula is C22H30N4O2. The van der Waals surface area contributed by atoms with Crippen molar-refractivity contribution in [2.24, 2.45) is 7.05 Å². The molecule has 0 spiro atoms. The molecule has 0 aliphatic rings. The molecule has 0 aliphatic heterocycles. The Balaban J connectivity index is 2.24. The fourth-order valence-corrected chi connectivity index (χ4v) is 3.55. The molecule has 0 fully saturated rings. The second kappa shape index (κ2) is 8.27. The molecule has 0 bridgehead atoms. The maximum atomic E-state index is 9.76. The molecule has 3 rings (SSSR count). The van der Waals surface area contributed by atoms with Crippen LogP contribution in [0.25, 0.3) is 22.4 Å². The highest BCUT2D eigenvalue weighted by molar-refractivity contribution is 5.81. The van der Waals surface area contributed by atoms with Crippen molar-refractivity contribution < 1.29 is 9.84 Å². The number of ether oxygens (including phenoxy) is 1. The van der Waals surface area contributed by atoms with Crippen LogP contribution in [-0.2, 0) is 13.5 Å². The van der Waals surface area contributed by atoms with Crippen LogP contribution in [-0.4, -0.2) is 38.3 Å². The van der Waals surface area contributed by atoms with Gasteiger partial charge in [0.05, 0.1) is 30.7 Å². The van der Waals surface area contributed by atoms with Gasteiger partial charge in [0.15, 0.2) is 5.65 Å². The van der Waals surface area contributed by atoms with Crippen LogP contribution in [0.3, 0.4) is 0 Å². The summed E-state index contributed by atoms with van der Waals surface area (Å²) in [4.78, 5) is 14.6. The van der Waals surface area contributed by atoms with E-state index in [1.165, 1.54) is 0 Å². The number of nitrogens with zero attached hydrogens (tertiary/aromatic N) is 4. The highest BCUT2D eigenvalue weighted by atomic mass is 16.5. The SMILES string of the molecule is CCc1nc2c([C@H](CC)CO)cn(C)c2nc1-c1ccc(C(C)C)nc1OC. The van der Waals surface area contributed by atoms with E-state index in [4.69, 9.17) is 14.7 Å². The smallest absolute Gasteiger partial charge is 0.222 e. The van der Waals surface area contributed by atoms with Crippen LogP contribution in [0.2, 0.25) is 0 Å². The van der Waals surface area contributed by atoms with Gasteiger partial charge in [0.1, 0.15) is 5.52 Å². The van der Waals surface area contributed by atoms with Gasteiger partial charge >= 0.3 is 0 Å². The minimum absolute atomic E-state index is 0.0649. The quantitative estimate of drug-likeness (QED) is 0.663. The Labute approximate surface area is 166 Å². The third-order valence-electron chi connectivity index (χ3n) is 5.30. The summed E-state index contributed by atoms with van der Waals surface area (Å²) in [6.07, 6.45) is 3.64. The Hall–Kier alpha value is -2.47. The van der Waals surface area contributed by atoms with Crippen LogP contribution in [0.4, 0.5) is 0 Å². The first kappa shape index (κ1) is 20.3. The van der Waals surface area contributed by atoms with Gasteiger partial charge in [-0.15, -0.1) is 0 Å². The van der Waals surface area contributed by atoms with Gasteiger partial charge in [-0.25, -0.2) is 15.0 Å². The number of aromatic nitrogens is 4. The number of hydrogen-bond donors (Lipinski definition) is 1. The van der Waals surface area contributed by atoms with Gasteiger partial charge in [0.2, 0.25) is 5.88 Å². The normalized spacial score (nSPS) is 12.7. The number of rotatable bonds is 7. The zero-order valence-electron chi connectivity index (χ0n) is 17.7. The maximum Gasteiger partial charge on any atom is 0.222 e. The lowest BCUT2D eigenvalue weighted by molar-refractivity contribution is 0.263. The Kier molecular flexibility index (Phi) is 5.98. The molecule has 3 aromatic rings. The molecule has 0 aromatic carbocycles. The van der Waals surface area contributed by atoms with Gasteiger partial charge in [-0.3, -0.25) is 0 Å². The molecule has 150 valence electrons. The van der Waals surface area contributed by atoms with Gasteiger partial charge in [-0.2, -0.15) is 0 Å². The molecule has 3 aromatic heterocycles. The lowest BCUT2D eigenvalue weighted by Crippen LogP contribution is -2.05. The molecule has 0 saturated carbocycles. The third-order valence-corrected chi connectivity index (χ3v) is 5.30. The highest BCUT2D eigenvalue weighted by Crippen LogP contribution is 2.34. The number of fused-ring (bicyclic) bond motifs is 1. The summed E-state index contributed by atoms with van der Waals surface area (Å²) in [5.41, 5.74) is 6.29. The van der Waals surface area contributed by atoms with Crippen molar-refractivity contribution in [1.29, 1.82) is 0 Å². The van der Waals surface area contributed by atoms with E-state index in [-0.39, 0.29) is 12.5 Å². The standard InChI is InChI=1S/C22H30N4O2/c1-7-14(12-27)16-11-26(5)21-20(16)23-17(8-2)19(25-21)15-9-10-18(13(3)4)24-22(15)28-6/h9-11,13-14,27H,7-8,12H2,1-6H3/t14-/m1/s1. The van der Waals surface area contributed by atoms with E-state index in [0.29, 0.717) is 11.8 Å². The van der Waals surface area contributed by atoms with Crippen LogP contribution >= 0.6 is 0 Å². The first-order valence-electron chi connectivity index (χ1n) is 9.96. The number of hydrogen-bond acceptors (Lipinski definition) is 5. The van der Waals surface area contributed by atoms with Crippen LogP contribution in [0.15, 0.2) is 18.3 Å². The average molecular weight is 383 g/mol. The monoisotopic (exact) mass is 382 g/mol. The minimum atomic E-state index is 0.0649. The Morgan fingerprint density at radius 3 is 2.46 bits per heavy atom. The minimum Gasteiger partial charge on any atom is -0.480 e. The Bertz CT molecular complexity index is 974. The molecule has 1 atom stereocenters. The van der Waals surface area contributed by atoms with Crippen LogP contribution in [0, 0.1) is 0 Å². The molecular weight excluding hydrogens is 352 g/mol. The third kappa shape index (κ3) is 3.49. The molecule has 6 nitrogen and oxygen atoms in total. The van der Waals surface area contributed by atoms with Crippen LogP contribution in [0.1, 0.15) is 62.9 Å². The van der Waals surface area contributed by atoms with E-state index >= 15 is 0 Å². The van der Waals surface area contributed by atoms with Gasteiger partial charge in [0.25, 0.3) is 0 Å². The van der Waals surface area contributed by atoms with Gasteiger partial charge in [-0.1, -0.05) is 27.7 Å². The largest absolute Gasteiger partial charge is 0.480 e. The van der Waals surface area contributed by atoms with E-state index in [9.17, 15) is 5.11 Å². The summed E-state index contributed by atoms with van der Waals surface area (Å²) < 4.78 is 7.58. The summed E-state index contributed by atoms with van der Waals surface area (Å²) in [7, 11) is 3.61. The van der Waals surface area contributed by atoms with Crippen molar-refractivity contribution in [2.75, 3.05) is 13.7 Å². The number of pyridine rings is 1. The van der Waals surface area contributed by atoms with E-state index in [0.717, 1.165) is 52.2 Å². The van der Waals surface area contributed by atoms with E-state index in [1.807, 2.05) is 29.9 Å². The Morgan fingerprint density at radius 1 is 1.14 bits per heavy atom. The van der Waals surface area contributed by atoms with Crippen molar-refractivity contribution in [3.63, 3.8) is 0 Å². The molecule has 6 heteroatoms. The predicted molar refractivity (Wildman–Crippen MR) is 112 cm³/mol. The summed E-state index contributed by atoms with van der Waals surface area (Å²) in [6, 6.07) is 4.06. The zero-order valence-corrected chi connectivity index (χ0v) is 17.7. The second-order valence-electron chi connectivity index (χ2n) is 7.48. The van der Waals surface area contributed by atoms with E-state index < -0.39 is 0 Å². The van der Waals surface area contributed by atoms with Gasteiger partial charge in [-0.05, 0) is 30.9 Å². The molecule has 3 heterocycles. The second-order valence-corrected chi connectivity index (χ2v) is 7.48. The summed E-state index contributed by atoms with van der Waals surface area (Å²) >= 11 is 0. The van der Waals surface area contributed by atoms with Crippen LogP contribution < -0.4 is 4.74 Å². The zero-order chi connectivity index (χ0) is 20.4. The number of methoxy groups -OCH3 is 1. The van der Waals surface area contributed by atoms with Gasteiger partial charge < -0.3 is 14.4 Å². The number of aryl methyl sites for hydroxylation is 2. The summed E-state index contributed by atoms with van der Waals surface area (Å²) in [5, 5.41) is 9.76. The lowest BCUT2D eigenvalue weighted by atomic mass is 9.99. The molecule has 0 radical (unpaired) electrons. The predicted octanol–water partition coefficient (Wildman–Crippen LogP) is 4.21. The topological polar surface area (TPSA) is 73.1 Å². The molecule has 0 amide bonds. The van der Waals surface area contributed by atoms with Crippen molar-refractivity contribution in [3.8, 4) is 17.1 Å². The molecule has 0 saturated heterocycles. The average Bonchev–Trinajstić information content (AvgIpc) is 3.03. The Morgan fingerprint density at radius 2 is 1.89 bits per heavy atom. The molecule has 1 N–H and O–H groups in total. The first-order valence-corrected chi connectivity index (χ1v) is 9.96. The molecule has 0 unspecified atom stereocenters. The van der Waals surface area contributed by atoms with Crippen molar-refractivity contribution in [2.45, 2.75) is 52.4 Å². The van der Waals surface area contributed by atoms with Crippen LogP contribution in [0.5, 0.6) is 5.88 Å². The number of aliphatic hydroxyl groups is 1. The summed E-state index contributed by atoms with van der Waals surface area (Å²) in [5.74, 6) is 0.961. The lowest BCUT2D eigenvalue weighted by Gasteiger charge is -2.14. The fraction of sp³-hybridized carbons (Fsp3) is 0.500. The summed E-state index contributed by atoms with van der Waals surface area (Å²) in [6.45, 7) is 8.49. The molecule has 28 heavy (non-hydrogen) atoms. The fourth-order valence-electron chi connectivity index (χ4n) is 3.55. The van der Waals surface area contributed by atoms with Crippen molar-refractivity contribution in [3.05, 3.63) is 35.3 Å².